The van der Waals surface area contributed by atoms with Crippen LogP contribution < -0.4 is 10.9 Å². The quantitative estimate of drug-likeness (QED) is 0.283. The average Bonchev–Trinajstić information content (AvgIpc) is 2.82. The standard InChI is InChI=1S/C25H24N4O5/c1-14-12-19(15(2)26-28-24(33)17-8-4-6-10-21(17)30)23(32)20(13-14)16(3)27-29-25(34)18-9-5-7-11-22(18)31/h4-13,30-32H,1-3H3,(H,28,33)(H,29,34)/b26-15+,27-16+. The first-order valence-electron chi connectivity index (χ1n) is 10.3. The number of rotatable bonds is 6. The third-order valence-corrected chi connectivity index (χ3v) is 4.98. The van der Waals surface area contributed by atoms with Gasteiger partial charge in [-0.25, -0.2) is 10.9 Å². The number of hydrazone groups is 2. The van der Waals surface area contributed by atoms with Gasteiger partial charge in [-0.1, -0.05) is 24.3 Å². The van der Waals surface area contributed by atoms with Crippen molar-refractivity contribution in [2.45, 2.75) is 20.8 Å². The van der Waals surface area contributed by atoms with E-state index in [9.17, 15) is 24.9 Å². The lowest BCUT2D eigenvalue weighted by atomic mass is 9.99. The normalized spacial score (nSPS) is 11.7. The first kappa shape index (κ1) is 24.0. The van der Waals surface area contributed by atoms with E-state index in [-0.39, 0.29) is 28.4 Å². The predicted octanol–water partition coefficient (Wildman–Crippen LogP) is 3.42. The Morgan fingerprint density at radius 2 is 1.06 bits per heavy atom. The van der Waals surface area contributed by atoms with E-state index in [0.29, 0.717) is 22.6 Å². The number of aromatic hydroxyl groups is 3. The molecule has 3 rings (SSSR count). The van der Waals surface area contributed by atoms with E-state index < -0.39 is 11.8 Å². The second-order valence-corrected chi connectivity index (χ2v) is 7.52. The molecule has 3 aromatic rings. The Kier molecular flexibility index (Phi) is 7.27. The first-order valence-corrected chi connectivity index (χ1v) is 10.3. The minimum absolute atomic E-state index is 0.0661. The molecule has 0 unspecified atom stereocenters. The number of benzene rings is 3. The van der Waals surface area contributed by atoms with Crippen molar-refractivity contribution in [3.05, 3.63) is 88.5 Å². The topological polar surface area (TPSA) is 144 Å². The second kappa shape index (κ2) is 10.3. The zero-order chi connectivity index (χ0) is 24.8. The number of phenols is 3. The monoisotopic (exact) mass is 460 g/mol. The molecule has 0 aliphatic carbocycles. The SMILES string of the molecule is C/C(=N\NC(=O)c1ccccc1O)c1cc(C)cc(/C(C)=N/NC(=O)c2ccccc2O)c1O. The summed E-state index contributed by atoms with van der Waals surface area (Å²) in [6.45, 7) is 5.03. The van der Waals surface area contributed by atoms with E-state index in [1.807, 2.05) is 6.92 Å². The highest BCUT2D eigenvalue weighted by Crippen LogP contribution is 2.26. The Hall–Kier alpha value is -4.66. The van der Waals surface area contributed by atoms with Crippen LogP contribution in [0.1, 0.15) is 51.3 Å². The summed E-state index contributed by atoms with van der Waals surface area (Å²) in [6, 6.07) is 15.5. The molecule has 0 radical (unpaired) electrons. The summed E-state index contributed by atoms with van der Waals surface area (Å²) in [5.74, 6) is -1.69. The van der Waals surface area contributed by atoms with Gasteiger partial charge in [0.15, 0.2) is 0 Å². The lowest BCUT2D eigenvalue weighted by Crippen LogP contribution is -2.20. The highest BCUT2D eigenvalue weighted by atomic mass is 16.3. The molecule has 0 fully saturated rings. The van der Waals surface area contributed by atoms with Crippen LogP contribution in [0.4, 0.5) is 0 Å². The summed E-state index contributed by atoms with van der Waals surface area (Å²) in [5.41, 5.74) is 6.99. The van der Waals surface area contributed by atoms with Crippen LogP contribution in [0, 0.1) is 6.92 Å². The Labute approximate surface area is 196 Å². The third kappa shape index (κ3) is 5.39. The molecule has 34 heavy (non-hydrogen) atoms. The number of hydrogen-bond donors (Lipinski definition) is 5. The Balaban J connectivity index is 1.83. The smallest absolute Gasteiger partial charge is 0.275 e. The molecule has 5 N–H and O–H groups in total. The molecule has 3 aromatic carbocycles. The van der Waals surface area contributed by atoms with Crippen molar-refractivity contribution in [3.63, 3.8) is 0 Å². The van der Waals surface area contributed by atoms with Crippen LogP contribution in [0.15, 0.2) is 70.9 Å². The molecule has 9 heteroatoms. The van der Waals surface area contributed by atoms with Gasteiger partial charge in [0.25, 0.3) is 11.8 Å². The van der Waals surface area contributed by atoms with Crippen LogP contribution in [-0.4, -0.2) is 38.6 Å². The molecule has 0 saturated carbocycles. The minimum Gasteiger partial charge on any atom is -0.507 e. The maximum atomic E-state index is 12.3. The van der Waals surface area contributed by atoms with E-state index in [0.717, 1.165) is 5.56 Å². The van der Waals surface area contributed by atoms with Crippen molar-refractivity contribution < 1.29 is 24.9 Å². The first-order chi connectivity index (χ1) is 16.2. The maximum Gasteiger partial charge on any atom is 0.275 e. The number of hydrogen-bond acceptors (Lipinski definition) is 7. The molecule has 0 aliphatic rings. The number of nitrogens with zero attached hydrogens (tertiary/aromatic N) is 2. The Bertz CT molecular complexity index is 1220. The molecule has 0 bridgehead atoms. The van der Waals surface area contributed by atoms with E-state index in [1.54, 1.807) is 50.2 Å². The largest absolute Gasteiger partial charge is 0.507 e. The van der Waals surface area contributed by atoms with Crippen LogP contribution in [0.25, 0.3) is 0 Å². The van der Waals surface area contributed by atoms with Crippen molar-refractivity contribution in [1.29, 1.82) is 0 Å². The summed E-state index contributed by atoms with van der Waals surface area (Å²) in [4.78, 5) is 24.6. The number of carbonyl (C=O) groups is 2. The van der Waals surface area contributed by atoms with E-state index >= 15 is 0 Å². The van der Waals surface area contributed by atoms with E-state index in [4.69, 9.17) is 0 Å². The fraction of sp³-hybridized carbons (Fsp3) is 0.120. The summed E-state index contributed by atoms with van der Waals surface area (Å²) >= 11 is 0. The zero-order valence-electron chi connectivity index (χ0n) is 18.8. The van der Waals surface area contributed by atoms with Gasteiger partial charge >= 0.3 is 0 Å². The zero-order valence-corrected chi connectivity index (χ0v) is 18.8. The minimum atomic E-state index is -0.602. The molecule has 0 atom stereocenters. The van der Waals surface area contributed by atoms with Crippen molar-refractivity contribution in [2.75, 3.05) is 0 Å². The third-order valence-electron chi connectivity index (χ3n) is 4.98. The Morgan fingerprint density at radius 3 is 1.44 bits per heavy atom. The van der Waals surface area contributed by atoms with Crippen LogP contribution in [0.3, 0.4) is 0 Å². The van der Waals surface area contributed by atoms with E-state index in [1.165, 1.54) is 24.3 Å². The highest BCUT2D eigenvalue weighted by molar-refractivity contribution is 6.09. The molecule has 174 valence electrons. The van der Waals surface area contributed by atoms with Crippen molar-refractivity contribution in [2.24, 2.45) is 10.2 Å². The van der Waals surface area contributed by atoms with Gasteiger partial charge in [0.05, 0.1) is 22.6 Å². The predicted molar refractivity (Wildman–Crippen MR) is 128 cm³/mol. The summed E-state index contributed by atoms with van der Waals surface area (Å²) < 4.78 is 0. The van der Waals surface area contributed by atoms with Crippen molar-refractivity contribution in [3.8, 4) is 17.2 Å². The fourth-order valence-corrected chi connectivity index (χ4v) is 3.17. The molecule has 0 spiro atoms. The molecule has 2 amide bonds. The van der Waals surface area contributed by atoms with Gasteiger partial charge < -0.3 is 15.3 Å². The maximum absolute atomic E-state index is 12.3. The number of aryl methyl sites for hydroxylation is 1. The summed E-state index contributed by atoms with van der Waals surface area (Å²) in [7, 11) is 0. The number of para-hydroxylation sites is 2. The molecule has 0 saturated heterocycles. The Morgan fingerprint density at radius 1 is 0.676 bits per heavy atom. The fourth-order valence-electron chi connectivity index (χ4n) is 3.17. The van der Waals surface area contributed by atoms with Gasteiger partial charge in [0.2, 0.25) is 0 Å². The molecule has 0 aromatic heterocycles. The molecule has 0 heterocycles. The van der Waals surface area contributed by atoms with Gasteiger partial charge in [-0.2, -0.15) is 10.2 Å². The average molecular weight is 460 g/mol. The van der Waals surface area contributed by atoms with Gasteiger partial charge in [0.1, 0.15) is 17.2 Å². The molecular weight excluding hydrogens is 436 g/mol. The number of phenolic OH excluding ortho intramolecular Hbond substituents is 3. The van der Waals surface area contributed by atoms with Gasteiger partial charge in [-0.05, 0) is 62.7 Å². The number of carbonyl (C=O) groups excluding carboxylic acids is 2. The van der Waals surface area contributed by atoms with Crippen molar-refractivity contribution in [1.82, 2.24) is 10.9 Å². The number of amides is 2. The molecular formula is C25H24N4O5. The number of nitrogens with one attached hydrogen (secondary N) is 2. The van der Waals surface area contributed by atoms with Crippen LogP contribution in [0.5, 0.6) is 17.2 Å². The van der Waals surface area contributed by atoms with Crippen LogP contribution >= 0.6 is 0 Å². The van der Waals surface area contributed by atoms with Crippen LogP contribution in [0.2, 0.25) is 0 Å². The van der Waals surface area contributed by atoms with Crippen LogP contribution in [-0.2, 0) is 0 Å². The second-order valence-electron chi connectivity index (χ2n) is 7.52. The lowest BCUT2D eigenvalue weighted by molar-refractivity contribution is 0.0943. The summed E-state index contributed by atoms with van der Waals surface area (Å²) in [6.07, 6.45) is 0. The van der Waals surface area contributed by atoms with Crippen molar-refractivity contribution >= 4 is 23.2 Å². The van der Waals surface area contributed by atoms with Gasteiger partial charge in [-0.3, -0.25) is 9.59 Å². The lowest BCUT2D eigenvalue weighted by Gasteiger charge is -2.12. The van der Waals surface area contributed by atoms with Gasteiger partial charge in [-0.15, -0.1) is 0 Å². The highest BCUT2D eigenvalue weighted by Gasteiger charge is 2.16. The van der Waals surface area contributed by atoms with E-state index in [2.05, 4.69) is 21.1 Å². The summed E-state index contributed by atoms with van der Waals surface area (Å²) in [5, 5.41) is 38.6. The molecule has 9 nitrogen and oxygen atoms in total. The van der Waals surface area contributed by atoms with Gasteiger partial charge in [0, 0.05) is 11.1 Å². The molecule has 0 aliphatic heterocycles.